The third-order valence-electron chi connectivity index (χ3n) is 4.12. The summed E-state index contributed by atoms with van der Waals surface area (Å²) in [6.45, 7) is 4.23. The molecule has 2 aromatic heterocycles. The molecule has 27 heavy (non-hydrogen) atoms. The molecule has 0 bridgehead atoms. The van der Waals surface area contributed by atoms with Gasteiger partial charge in [-0.25, -0.2) is 4.39 Å². The number of fused-ring (bicyclic) bond motifs is 1. The first-order valence-electron chi connectivity index (χ1n) is 8.94. The smallest absolute Gasteiger partial charge is 0.191 e. The summed E-state index contributed by atoms with van der Waals surface area (Å²) < 4.78 is 13.5. The second kappa shape index (κ2) is 10.9. The van der Waals surface area contributed by atoms with Gasteiger partial charge in [0, 0.05) is 55.0 Å². The van der Waals surface area contributed by atoms with Gasteiger partial charge in [-0.15, -0.1) is 24.0 Å². The van der Waals surface area contributed by atoms with E-state index in [1.807, 2.05) is 31.3 Å². The van der Waals surface area contributed by atoms with E-state index in [0.29, 0.717) is 6.54 Å². The molecule has 0 saturated heterocycles. The van der Waals surface area contributed by atoms with Crippen LogP contribution in [0, 0.1) is 5.82 Å². The fourth-order valence-electron chi connectivity index (χ4n) is 2.84. The van der Waals surface area contributed by atoms with Crippen molar-refractivity contribution < 1.29 is 4.39 Å². The molecule has 3 aromatic rings. The molecule has 0 amide bonds. The zero-order valence-electron chi connectivity index (χ0n) is 15.3. The van der Waals surface area contributed by atoms with Crippen LogP contribution >= 0.6 is 24.0 Å². The van der Waals surface area contributed by atoms with Gasteiger partial charge in [0.05, 0.1) is 0 Å². The van der Waals surface area contributed by atoms with Crippen LogP contribution in [0.5, 0.6) is 0 Å². The summed E-state index contributed by atoms with van der Waals surface area (Å²) in [5.41, 5.74) is 3.08. The van der Waals surface area contributed by atoms with E-state index >= 15 is 0 Å². The number of aliphatic imine (C=N–C) groups is 1. The molecule has 3 N–H and O–H groups in total. The molecular formula is C20H25FIN5. The maximum absolute atomic E-state index is 13.5. The Bertz CT molecular complexity index is 863. The summed E-state index contributed by atoms with van der Waals surface area (Å²) in [6.07, 6.45) is 5.33. The van der Waals surface area contributed by atoms with Gasteiger partial charge >= 0.3 is 0 Å². The van der Waals surface area contributed by atoms with Crippen LogP contribution in [0.2, 0.25) is 0 Å². The molecule has 0 aliphatic rings. The summed E-state index contributed by atoms with van der Waals surface area (Å²) >= 11 is 0. The summed E-state index contributed by atoms with van der Waals surface area (Å²) in [6, 6.07) is 10.7. The number of H-pyrrole nitrogens is 1. The summed E-state index contributed by atoms with van der Waals surface area (Å²) in [5, 5.41) is 7.52. The molecule has 0 radical (unpaired) electrons. The number of aromatic nitrogens is 2. The van der Waals surface area contributed by atoms with Crippen LogP contribution in [0.3, 0.4) is 0 Å². The van der Waals surface area contributed by atoms with E-state index in [0.717, 1.165) is 54.1 Å². The van der Waals surface area contributed by atoms with Gasteiger partial charge < -0.3 is 15.6 Å². The van der Waals surface area contributed by atoms with Gasteiger partial charge in [-0.05, 0) is 49.2 Å². The normalized spacial score (nSPS) is 11.3. The van der Waals surface area contributed by atoms with Crippen molar-refractivity contribution in [2.45, 2.75) is 19.8 Å². The zero-order chi connectivity index (χ0) is 18.2. The molecule has 0 fully saturated rings. The quantitative estimate of drug-likeness (QED) is 0.274. The number of pyridine rings is 1. The molecule has 0 spiro atoms. The molecule has 2 heterocycles. The molecular weight excluding hydrogens is 456 g/mol. The third-order valence-corrected chi connectivity index (χ3v) is 4.12. The second-order valence-corrected chi connectivity index (χ2v) is 6.01. The molecule has 7 heteroatoms. The molecule has 0 unspecified atom stereocenters. The van der Waals surface area contributed by atoms with Gasteiger partial charge in [0.2, 0.25) is 0 Å². The van der Waals surface area contributed by atoms with Gasteiger partial charge in [-0.1, -0.05) is 6.07 Å². The number of hydrogen-bond donors (Lipinski definition) is 3. The lowest BCUT2D eigenvalue weighted by atomic mass is 10.1. The van der Waals surface area contributed by atoms with Crippen LogP contribution in [0.4, 0.5) is 4.39 Å². The molecule has 5 nitrogen and oxygen atoms in total. The first-order chi connectivity index (χ1) is 12.8. The minimum absolute atomic E-state index is 0. The second-order valence-electron chi connectivity index (χ2n) is 6.01. The third kappa shape index (κ3) is 6.20. The van der Waals surface area contributed by atoms with Crippen molar-refractivity contribution >= 4 is 40.8 Å². The standard InChI is InChI=1S/C20H24FN5.HI/c1-2-22-20(25-12-9-17-5-3-4-10-23-17)24-11-8-15-14-26-19-7-6-16(21)13-18(15)19;/h3-7,10,13-14,26H,2,8-9,11-12H2,1H3,(H2,22,24,25);1H. The number of guanidine groups is 1. The van der Waals surface area contributed by atoms with E-state index in [2.05, 4.69) is 25.6 Å². The monoisotopic (exact) mass is 481 g/mol. The Morgan fingerprint density at radius 1 is 1.19 bits per heavy atom. The maximum Gasteiger partial charge on any atom is 0.191 e. The molecule has 0 aliphatic heterocycles. The largest absolute Gasteiger partial charge is 0.361 e. The van der Waals surface area contributed by atoms with Crippen molar-refractivity contribution in [3.8, 4) is 0 Å². The highest BCUT2D eigenvalue weighted by Gasteiger charge is 2.05. The average molecular weight is 481 g/mol. The van der Waals surface area contributed by atoms with E-state index in [1.165, 1.54) is 6.07 Å². The van der Waals surface area contributed by atoms with Crippen molar-refractivity contribution in [1.29, 1.82) is 0 Å². The highest BCUT2D eigenvalue weighted by Crippen LogP contribution is 2.19. The van der Waals surface area contributed by atoms with Crippen molar-refractivity contribution in [1.82, 2.24) is 20.6 Å². The number of halogens is 2. The van der Waals surface area contributed by atoms with Gasteiger partial charge in [0.25, 0.3) is 0 Å². The highest BCUT2D eigenvalue weighted by molar-refractivity contribution is 14.0. The van der Waals surface area contributed by atoms with Gasteiger partial charge in [-0.3, -0.25) is 9.98 Å². The van der Waals surface area contributed by atoms with Crippen molar-refractivity contribution in [3.05, 3.63) is 65.9 Å². The van der Waals surface area contributed by atoms with Crippen LogP contribution in [0.15, 0.2) is 53.8 Å². The first kappa shape index (κ1) is 21.1. The lowest BCUT2D eigenvalue weighted by molar-refractivity contribution is 0.629. The Hall–Kier alpha value is -2.16. The van der Waals surface area contributed by atoms with Crippen LogP contribution in [-0.2, 0) is 12.8 Å². The van der Waals surface area contributed by atoms with E-state index < -0.39 is 0 Å². The minimum atomic E-state index is -0.212. The maximum atomic E-state index is 13.5. The molecule has 1 aromatic carbocycles. The lowest BCUT2D eigenvalue weighted by Gasteiger charge is -2.11. The minimum Gasteiger partial charge on any atom is -0.361 e. The van der Waals surface area contributed by atoms with Crippen LogP contribution in [0.25, 0.3) is 10.9 Å². The Morgan fingerprint density at radius 2 is 2.07 bits per heavy atom. The number of nitrogens with zero attached hydrogens (tertiary/aromatic N) is 2. The van der Waals surface area contributed by atoms with Gasteiger partial charge in [-0.2, -0.15) is 0 Å². The van der Waals surface area contributed by atoms with E-state index in [9.17, 15) is 4.39 Å². The van der Waals surface area contributed by atoms with Crippen LogP contribution in [-0.4, -0.2) is 35.6 Å². The number of nitrogens with one attached hydrogen (secondary N) is 3. The SMILES string of the molecule is CCNC(=NCCc1ccccn1)NCCc1c[nH]c2ccc(F)cc12.I. The van der Waals surface area contributed by atoms with Gasteiger partial charge in [0.1, 0.15) is 5.82 Å². The Morgan fingerprint density at radius 3 is 2.85 bits per heavy atom. The summed E-state index contributed by atoms with van der Waals surface area (Å²) in [5.74, 6) is 0.574. The number of hydrogen-bond acceptors (Lipinski definition) is 2. The van der Waals surface area contributed by atoms with E-state index in [1.54, 1.807) is 18.3 Å². The predicted molar refractivity (Wildman–Crippen MR) is 119 cm³/mol. The average Bonchev–Trinajstić information content (AvgIpc) is 3.05. The molecule has 3 rings (SSSR count). The van der Waals surface area contributed by atoms with Crippen LogP contribution in [0.1, 0.15) is 18.2 Å². The summed E-state index contributed by atoms with van der Waals surface area (Å²) in [7, 11) is 0. The fraction of sp³-hybridized carbons (Fsp3) is 0.300. The molecule has 0 aliphatic carbocycles. The number of rotatable bonds is 7. The number of benzene rings is 1. The molecule has 144 valence electrons. The Kier molecular flexibility index (Phi) is 8.50. The summed E-state index contributed by atoms with van der Waals surface area (Å²) in [4.78, 5) is 12.1. The van der Waals surface area contributed by atoms with Crippen LogP contribution < -0.4 is 10.6 Å². The Balaban J connectivity index is 0.00000261. The van der Waals surface area contributed by atoms with E-state index in [-0.39, 0.29) is 29.8 Å². The topological polar surface area (TPSA) is 65.1 Å². The highest BCUT2D eigenvalue weighted by atomic mass is 127. The Labute approximate surface area is 175 Å². The van der Waals surface area contributed by atoms with Crippen molar-refractivity contribution in [3.63, 3.8) is 0 Å². The lowest BCUT2D eigenvalue weighted by Crippen LogP contribution is -2.38. The number of aromatic amines is 1. The first-order valence-corrected chi connectivity index (χ1v) is 8.94. The van der Waals surface area contributed by atoms with Gasteiger partial charge in [0.15, 0.2) is 5.96 Å². The zero-order valence-corrected chi connectivity index (χ0v) is 17.7. The molecule has 0 saturated carbocycles. The van der Waals surface area contributed by atoms with Crippen molar-refractivity contribution in [2.75, 3.05) is 19.6 Å². The molecule has 0 atom stereocenters. The fourth-order valence-corrected chi connectivity index (χ4v) is 2.84. The van der Waals surface area contributed by atoms with E-state index in [4.69, 9.17) is 0 Å². The predicted octanol–water partition coefficient (Wildman–Crippen LogP) is 3.66. The van der Waals surface area contributed by atoms with Crippen molar-refractivity contribution in [2.24, 2.45) is 4.99 Å².